The van der Waals surface area contributed by atoms with E-state index in [0.717, 1.165) is 17.0 Å². The summed E-state index contributed by atoms with van der Waals surface area (Å²) in [5, 5.41) is 6.39. The van der Waals surface area contributed by atoms with Crippen LogP contribution in [-0.4, -0.2) is 20.1 Å². The predicted molar refractivity (Wildman–Crippen MR) is 85.2 cm³/mol. The molecule has 0 atom stereocenters. The Bertz CT molecular complexity index is 627. The van der Waals surface area contributed by atoms with Gasteiger partial charge < -0.3 is 15.4 Å². The second-order valence-electron chi connectivity index (χ2n) is 4.47. The Labute approximate surface area is 129 Å². The number of benzene rings is 2. The normalized spacial score (nSPS) is 10.0. The van der Waals surface area contributed by atoms with E-state index in [-0.39, 0.29) is 5.91 Å². The van der Waals surface area contributed by atoms with E-state index in [4.69, 9.17) is 16.3 Å². The molecule has 5 heteroatoms. The molecule has 0 spiro atoms. The molecule has 2 rings (SSSR count). The average Bonchev–Trinajstić information content (AvgIpc) is 2.53. The molecule has 0 aliphatic carbocycles. The Kier molecular flexibility index (Phi) is 5.06. The smallest absolute Gasteiger partial charge is 0.253 e. The minimum Gasteiger partial charge on any atom is -0.497 e. The van der Waals surface area contributed by atoms with Gasteiger partial charge in [-0.2, -0.15) is 0 Å². The van der Waals surface area contributed by atoms with Crippen LogP contribution in [0.3, 0.4) is 0 Å². The minimum absolute atomic E-state index is 0.169. The van der Waals surface area contributed by atoms with Gasteiger partial charge in [-0.1, -0.05) is 23.7 Å². The first kappa shape index (κ1) is 15.2. The highest BCUT2D eigenvalue weighted by atomic mass is 35.5. The van der Waals surface area contributed by atoms with Gasteiger partial charge in [0.2, 0.25) is 0 Å². The van der Waals surface area contributed by atoms with Crippen molar-refractivity contribution < 1.29 is 9.53 Å². The van der Waals surface area contributed by atoms with Crippen molar-refractivity contribution >= 4 is 23.2 Å². The van der Waals surface area contributed by atoms with Crippen LogP contribution in [0.2, 0.25) is 5.02 Å². The van der Waals surface area contributed by atoms with E-state index in [1.807, 2.05) is 24.3 Å². The molecule has 0 aromatic heterocycles. The van der Waals surface area contributed by atoms with Gasteiger partial charge in [-0.15, -0.1) is 0 Å². The monoisotopic (exact) mass is 304 g/mol. The van der Waals surface area contributed by atoms with Crippen LogP contribution in [0.4, 0.5) is 5.69 Å². The van der Waals surface area contributed by atoms with Gasteiger partial charge in [-0.3, -0.25) is 4.79 Å². The Morgan fingerprint density at radius 1 is 1.19 bits per heavy atom. The third-order valence-corrected chi connectivity index (χ3v) is 3.34. The van der Waals surface area contributed by atoms with Crippen LogP contribution >= 0.6 is 11.6 Å². The molecule has 4 nitrogen and oxygen atoms in total. The van der Waals surface area contributed by atoms with Crippen molar-refractivity contribution in [3.05, 3.63) is 58.6 Å². The first-order valence-electron chi connectivity index (χ1n) is 6.52. The summed E-state index contributed by atoms with van der Waals surface area (Å²) in [7, 11) is 3.39. The topological polar surface area (TPSA) is 50.4 Å². The zero-order chi connectivity index (χ0) is 15.2. The predicted octanol–water partition coefficient (Wildman–Crippen LogP) is 3.32. The molecule has 21 heavy (non-hydrogen) atoms. The molecule has 0 aliphatic heterocycles. The zero-order valence-electron chi connectivity index (χ0n) is 11.9. The highest BCUT2D eigenvalue weighted by Gasteiger charge is 2.11. The molecule has 0 saturated carbocycles. The second kappa shape index (κ2) is 6.99. The lowest BCUT2D eigenvalue weighted by Crippen LogP contribution is -2.23. The van der Waals surface area contributed by atoms with Gasteiger partial charge in [0, 0.05) is 24.3 Å². The molecule has 1 amide bonds. The minimum atomic E-state index is -0.169. The van der Waals surface area contributed by atoms with Gasteiger partial charge in [0.05, 0.1) is 12.7 Å². The third-order valence-electron chi connectivity index (χ3n) is 3.11. The lowest BCUT2D eigenvalue weighted by atomic mass is 10.1. The summed E-state index contributed by atoms with van der Waals surface area (Å²) in [5.41, 5.74) is 2.27. The SMILES string of the molecule is CNc1ccc(Cl)cc1C(=O)NCc1ccc(OC)cc1. The van der Waals surface area contributed by atoms with E-state index < -0.39 is 0 Å². The number of anilines is 1. The van der Waals surface area contributed by atoms with Gasteiger partial charge in [-0.25, -0.2) is 0 Å². The van der Waals surface area contributed by atoms with Crippen LogP contribution in [0.5, 0.6) is 5.75 Å². The van der Waals surface area contributed by atoms with Crippen molar-refractivity contribution in [2.75, 3.05) is 19.5 Å². The van der Waals surface area contributed by atoms with Gasteiger partial charge in [0.15, 0.2) is 0 Å². The van der Waals surface area contributed by atoms with E-state index in [0.29, 0.717) is 17.1 Å². The average molecular weight is 305 g/mol. The van der Waals surface area contributed by atoms with Crippen molar-refractivity contribution in [1.82, 2.24) is 5.32 Å². The molecule has 2 aromatic carbocycles. The van der Waals surface area contributed by atoms with Crippen LogP contribution in [0.1, 0.15) is 15.9 Å². The number of halogens is 1. The van der Waals surface area contributed by atoms with E-state index in [1.165, 1.54) is 0 Å². The highest BCUT2D eigenvalue weighted by Crippen LogP contribution is 2.20. The molecule has 0 bridgehead atoms. The number of rotatable bonds is 5. The molecule has 2 aromatic rings. The van der Waals surface area contributed by atoms with Crippen molar-refractivity contribution in [2.24, 2.45) is 0 Å². The van der Waals surface area contributed by atoms with Crippen LogP contribution in [0, 0.1) is 0 Å². The maximum Gasteiger partial charge on any atom is 0.253 e. The number of hydrogen-bond donors (Lipinski definition) is 2. The molecule has 0 heterocycles. The van der Waals surface area contributed by atoms with Crippen LogP contribution in [0.25, 0.3) is 0 Å². The summed E-state index contributed by atoms with van der Waals surface area (Å²) in [4.78, 5) is 12.2. The van der Waals surface area contributed by atoms with E-state index in [2.05, 4.69) is 10.6 Å². The number of methoxy groups -OCH3 is 1. The Morgan fingerprint density at radius 2 is 1.90 bits per heavy atom. The molecule has 0 fully saturated rings. The summed E-state index contributed by atoms with van der Waals surface area (Å²) >= 11 is 5.95. The summed E-state index contributed by atoms with van der Waals surface area (Å²) in [6, 6.07) is 12.7. The van der Waals surface area contributed by atoms with E-state index in [1.54, 1.807) is 32.4 Å². The summed E-state index contributed by atoms with van der Waals surface area (Å²) < 4.78 is 5.10. The van der Waals surface area contributed by atoms with Crippen molar-refractivity contribution in [3.8, 4) is 5.75 Å². The fourth-order valence-corrected chi connectivity index (χ4v) is 2.12. The Morgan fingerprint density at radius 3 is 2.52 bits per heavy atom. The fourth-order valence-electron chi connectivity index (χ4n) is 1.94. The number of amides is 1. The molecule has 0 unspecified atom stereocenters. The van der Waals surface area contributed by atoms with Gasteiger partial charge in [0.1, 0.15) is 5.75 Å². The highest BCUT2D eigenvalue weighted by molar-refractivity contribution is 6.31. The molecule has 0 radical (unpaired) electrons. The maximum atomic E-state index is 12.2. The first-order chi connectivity index (χ1) is 10.1. The quantitative estimate of drug-likeness (QED) is 0.891. The number of carbonyl (C=O) groups excluding carboxylic acids is 1. The standard InChI is InChI=1S/C16H17ClN2O2/c1-18-15-8-5-12(17)9-14(15)16(20)19-10-11-3-6-13(21-2)7-4-11/h3-9,18H,10H2,1-2H3,(H,19,20). The summed E-state index contributed by atoms with van der Waals surface area (Å²) in [5.74, 6) is 0.620. The van der Waals surface area contributed by atoms with Crippen LogP contribution < -0.4 is 15.4 Å². The molecule has 110 valence electrons. The number of hydrogen-bond acceptors (Lipinski definition) is 3. The van der Waals surface area contributed by atoms with Gasteiger partial charge in [0.25, 0.3) is 5.91 Å². The largest absolute Gasteiger partial charge is 0.497 e. The molecule has 2 N–H and O–H groups in total. The number of nitrogens with one attached hydrogen (secondary N) is 2. The zero-order valence-corrected chi connectivity index (χ0v) is 12.7. The second-order valence-corrected chi connectivity index (χ2v) is 4.91. The van der Waals surface area contributed by atoms with E-state index in [9.17, 15) is 4.79 Å². The molecular weight excluding hydrogens is 288 g/mol. The summed E-state index contributed by atoms with van der Waals surface area (Å²) in [6.45, 7) is 0.443. The maximum absolute atomic E-state index is 12.2. The van der Waals surface area contributed by atoms with Crippen LogP contribution in [0.15, 0.2) is 42.5 Å². The van der Waals surface area contributed by atoms with Crippen molar-refractivity contribution in [3.63, 3.8) is 0 Å². The first-order valence-corrected chi connectivity index (χ1v) is 6.90. The van der Waals surface area contributed by atoms with Gasteiger partial charge in [-0.05, 0) is 35.9 Å². The van der Waals surface area contributed by atoms with E-state index >= 15 is 0 Å². The fraction of sp³-hybridized carbons (Fsp3) is 0.188. The van der Waals surface area contributed by atoms with Crippen molar-refractivity contribution in [1.29, 1.82) is 0 Å². The summed E-state index contributed by atoms with van der Waals surface area (Å²) in [6.07, 6.45) is 0. The lowest BCUT2D eigenvalue weighted by Gasteiger charge is -2.10. The van der Waals surface area contributed by atoms with Crippen LogP contribution in [-0.2, 0) is 6.54 Å². The Hall–Kier alpha value is -2.20. The Balaban J connectivity index is 2.05. The number of ether oxygens (including phenoxy) is 1. The molecule has 0 aliphatic rings. The number of carbonyl (C=O) groups is 1. The third kappa shape index (κ3) is 3.89. The molecule has 0 saturated heterocycles. The molecular formula is C16H17ClN2O2. The lowest BCUT2D eigenvalue weighted by molar-refractivity contribution is 0.0951. The van der Waals surface area contributed by atoms with Crippen molar-refractivity contribution in [2.45, 2.75) is 6.54 Å². The van der Waals surface area contributed by atoms with Gasteiger partial charge >= 0.3 is 0 Å².